The van der Waals surface area contributed by atoms with Crippen LogP contribution in [0.25, 0.3) is 11.1 Å². The van der Waals surface area contributed by atoms with E-state index in [-0.39, 0.29) is 24.0 Å². The van der Waals surface area contributed by atoms with E-state index in [2.05, 4.69) is 67.6 Å². The van der Waals surface area contributed by atoms with Crippen molar-refractivity contribution in [3.8, 4) is 11.1 Å². The van der Waals surface area contributed by atoms with Gasteiger partial charge in [-0.2, -0.15) is 0 Å². The third-order valence-electron chi connectivity index (χ3n) is 2.82. The van der Waals surface area contributed by atoms with Crippen molar-refractivity contribution in [2.24, 2.45) is 0 Å². The molecule has 0 atom stereocenters. The molecule has 0 saturated carbocycles. The standard InChI is InChI=1S/C12H10.C7H8.HI/c1-3-7-11(8-4-1)12-9-5-2-6-10-12;1-7-5-3-2-4-6-7;/h1-10H;2-6H,1H3;1H. The largest absolute Gasteiger partial charge is 0.107 e. The second-order valence-corrected chi connectivity index (χ2v) is 4.39. The first-order valence-corrected chi connectivity index (χ1v) is 6.48. The first-order valence-electron chi connectivity index (χ1n) is 6.48. The van der Waals surface area contributed by atoms with Crippen LogP contribution in [-0.4, -0.2) is 0 Å². The summed E-state index contributed by atoms with van der Waals surface area (Å²) in [5.74, 6) is 0. The first kappa shape index (κ1) is 16.4. The van der Waals surface area contributed by atoms with Crippen LogP contribution >= 0.6 is 24.0 Å². The van der Waals surface area contributed by atoms with Crippen molar-refractivity contribution < 1.29 is 0 Å². The van der Waals surface area contributed by atoms with E-state index < -0.39 is 0 Å². The van der Waals surface area contributed by atoms with Crippen molar-refractivity contribution in [3.05, 3.63) is 96.6 Å². The lowest BCUT2D eigenvalue weighted by molar-refractivity contribution is 1.48. The number of hydrogen-bond donors (Lipinski definition) is 0. The molecule has 0 amide bonds. The van der Waals surface area contributed by atoms with Gasteiger partial charge in [-0.05, 0) is 18.1 Å². The summed E-state index contributed by atoms with van der Waals surface area (Å²) >= 11 is 0. The highest BCUT2D eigenvalue weighted by atomic mass is 127. The van der Waals surface area contributed by atoms with Crippen molar-refractivity contribution in [2.45, 2.75) is 6.92 Å². The maximum absolute atomic E-state index is 2.12. The molecule has 0 heterocycles. The van der Waals surface area contributed by atoms with Crippen LogP contribution in [0.5, 0.6) is 0 Å². The van der Waals surface area contributed by atoms with E-state index in [1.54, 1.807) is 0 Å². The zero-order chi connectivity index (χ0) is 13.3. The van der Waals surface area contributed by atoms with Crippen LogP contribution < -0.4 is 0 Å². The van der Waals surface area contributed by atoms with E-state index in [1.165, 1.54) is 16.7 Å². The van der Waals surface area contributed by atoms with Gasteiger partial charge >= 0.3 is 0 Å². The minimum Gasteiger partial charge on any atom is -0.107 e. The molecule has 0 unspecified atom stereocenters. The highest BCUT2D eigenvalue weighted by Gasteiger charge is 1.91. The van der Waals surface area contributed by atoms with E-state index in [0.29, 0.717) is 0 Å². The predicted molar refractivity (Wildman–Crippen MR) is 98.5 cm³/mol. The average Bonchev–Trinajstić information content (AvgIpc) is 2.51. The first-order chi connectivity index (χ1) is 9.36. The molecule has 0 nitrogen and oxygen atoms in total. The molecule has 0 aliphatic rings. The summed E-state index contributed by atoms with van der Waals surface area (Å²) in [5, 5.41) is 0. The van der Waals surface area contributed by atoms with Crippen LogP contribution in [-0.2, 0) is 0 Å². The Morgan fingerprint density at radius 1 is 0.450 bits per heavy atom. The predicted octanol–water partition coefficient (Wildman–Crippen LogP) is 5.97. The Morgan fingerprint density at radius 2 is 0.750 bits per heavy atom. The van der Waals surface area contributed by atoms with Gasteiger partial charge in [0, 0.05) is 0 Å². The number of hydrogen-bond acceptors (Lipinski definition) is 0. The van der Waals surface area contributed by atoms with Crippen molar-refractivity contribution in [3.63, 3.8) is 0 Å². The molecule has 0 N–H and O–H groups in total. The smallest absolute Gasteiger partial charge is 0.0184 e. The Balaban J connectivity index is 0.000000216. The lowest BCUT2D eigenvalue weighted by Crippen LogP contribution is -1.73. The van der Waals surface area contributed by atoms with E-state index >= 15 is 0 Å². The Labute approximate surface area is 138 Å². The highest BCUT2D eigenvalue weighted by molar-refractivity contribution is 14.0. The van der Waals surface area contributed by atoms with E-state index in [0.717, 1.165) is 0 Å². The van der Waals surface area contributed by atoms with Crippen LogP contribution in [0.3, 0.4) is 0 Å². The van der Waals surface area contributed by atoms with Crippen molar-refractivity contribution in [2.75, 3.05) is 0 Å². The number of halogens is 1. The van der Waals surface area contributed by atoms with Gasteiger partial charge in [0.05, 0.1) is 0 Å². The fourth-order valence-electron chi connectivity index (χ4n) is 1.80. The van der Waals surface area contributed by atoms with E-state index in [9.17, 15) is 0 Å². The topological polar surface area (TPSA) is 0 Å². The molecule has 0 fully saturated rings. The highest BCUT2D eigenvalue weighted by Crippen LogP contribution is 2.17. The molecule has 3 aromatic rings. The van der Waals surface area contributed by atoms with Crippen molar-refractivity contribution in [1.82, 2.24) is 0 Å². The Bertz CT molecular complexity index is 536. The molecule has 0 spiro atoms. The van der Waals surface area contributed by atoms with E-state index in [1.807, 2.05) is 30.3 Å². The maximum atomic E-state index is 2.12. The summed E-state index contributed by atoms with van der Waals surface area (Å²) in [5.41, 5.74) is 3.87. The van der Waals surface area contributed by atoms with Gasteiger partial charge in [0.1, 0.15) is 0 Å². The molecular formula is C19H19I. The molecule has 20 heavy (non-hydrogen) atoms. The van der Waals surface area contributed by atoms with Crippen LogP contribution in [0.2, 0.25) is 0 Å². The molecule has 3 aromatic carbocycles. The SMILES string of the molecule is Cc1ccccc1.I.c1ccc(-c2ccccc2)cc1. The van der Waals surface area contributed by atoms with Crippen LogP contribution in [0.1, 0.15) is 5.56 Å². The Hall–Kier alpha value is -1.61. The zero-order valence-corrected chi connectivity index (χ0v) is 13.9. The number of rotatable bonds is 1. The van der Waals surface area contributed by atoms with Crippen LogP contribution in [0, 0.1) is 6.92 Å². The average molecular weight is 374 g/mol. The lowest BCUT2D eigenvalue weighted by atomic mass is 10.1. The van der Waals surface area contributed by atoms with Gasteiger partial charge in [-0.3, -0.25) is 0 Å². The Morgan fingerprint density at radius 3 is 1.00 bits per heavy atom. The zero-order valence-electron chi connectivity index (χ0n) is 11.6. The summed E-state index contributed by atoms with van der Waals surface area (Å²) in [4.78, 5) is 0. The van der Waals surface area contributed by atoms with Crippen molar-refractivity contribution >= 4 is 24.0 Å². The minimum absolute atomic E-state index is 0. The molecule has 102 valence electrons. The maximum Gasteiger partial charge on any atom is -0.0184 e. The fourth-order valence-corrected chi connectivity index (χ4v) is 1.80. The number of benzene rings is 3. The van der Waals surface area contributed by atoms with Gasteiger partial charge in [0.2, 0.25) is 0 Å². The van der Waals surface area contributed by atoms with E-state index in [4.69, 9.17) is 0 Å². The molecule has 0 bridgehead atoms. The fraction of sp³-hybridized carbons (Fsp3) is 0.0526. The minimum atomic E-state index is 0. The summed E-state index contributed by atoms with van der Waals surface area (Å²) in [6.07, 6.45) is 0. The third-order valence-corrected chi connectivity index (χ3v) is 2.82. The Kier molecular flexibility index (Phi) is 7.66. The van der Waals surface area contributed by atoms with Crippen molar-refractivity contribution in [1.29, 1.82) is 0 Å². The summed E-state index contributed by atoms with van der Waals surface area (Å²) in [7, 11) is 0. The van der Waals surface area contributed by atoms with Gasteiger partial charge < -0.3 is 0 Å². The third kappa shape index (κ3) is 5.57. The number of aryl methyl sites for hydroxylation is 1. The van der Waals surface area contributed by atoms with Gasteiger partial charge in [0.15, 0.2) is 0 Å². The monoisotopic (exact) mass is 374 g/mol. The van der Waals surface area contributed by atoms with Crippen LogP contribution in [0.4, 0.5) is 0 Å². The molecule has 1 heteroatoms. The van der Waals surface area contributed by atoms with Crippen LogP contribution in [0.15, 0.2) is 91.0 Å². The molecule has 0 aliphatic carbocycles. The summed E-state index contributed by atoms with van der Waals surface area (Å²) in [6, 6.07) is 31.0. The summed E-state index contributed by atoms with van der Waals surface area (Å²) < 4.78 is 0. The summed E-state index contributed by atoms with van der Waals surface area (Å²) in [6.45, 7) is 2.08. The second-order valence-electron chi connectivity index (χ2n) is 4.39. The van der Waals surface area contributed by atoms with Gasteiger partial charge in [-0.15, -0.1) is 24.0 Å². The molecule has 0 aliphatic heterocycles. The van der Waals surface area contributed by atoms with Gasteiger partial charge in [0.25, 0.3) is 0 Å². The molecule has 3 rings (SSSR count). The van der Waals surface area contributed by atoms with Gasteiger partial charge in [-0.25, -0.2) is 0 Å². The van der Waals surface area contributed by atoms with Gasteiger partial charge in [-0.1, -0.05) is 96.6 Å². The lowest BCUT2D eigenvalue weighted by Gasteiger charge is -1.98. The molecular weight excluding hydrogens is 355 g/mol. The molecule has 0 radical (unpaired) electrons. The second kappa shape index (κ2) is 9.32. The molecule has 0 aromatic heterocycles. The quantitative estimate of drug-likeness (QED) is 0.461. The normalized spacial score (nSPS) is 8.85. The molecule has 0 saturated heterocycles.